The Morgan fingerprint density at radius 1 is 1.20 bits per heavy atom. The van der Waals surface area contributed by atoms with Gasteiger partial charge in [0.05, 0.1) is 5.69 Å². The van der Waals surface area contributed by atoms with E-state index in [9.17, 15) is 0 Å². The Hall–Kier alpha value is -1.90. The molecule has 0 spiro atoms. The molecule has 3 nitrogen and oxygen atoms in total. The minimum Gasteiger partial charge on any atom is -0.283 e. The fourth-order valence-electron chi connectivity index (χ4n) is 1.96. The summed E-state index contributed by atoms with van der Waals surface area (Å²) in [6.07, 6.45) is 3.84. The van der Waals surface area contributed by atoms with Crippen LogP contribution in [0.5, 0.6) is 0 Å². The summed E-state index contributed by atoms with van der Waals surface area (Å²) in [7, 11) is 0. The van der Waals surface area contributed by atoms with Crippen molar-refractivity contribution in [3.63, 3.8) is 0 Å². The molecule has 0 bridgehead atoms. The van der Waals surface area contributed by atoms with E-state index in [4.69, 9.17) is 0 Å². The lowest BCUT2D eigenvalue weighted by Crippen LogP contribution is -1.92. The van der Waals surface area contributed by atoms with Crippen LogP contribution in [-0.2, 0) is 0 Å². The summed E-state index contributed by atoms with van der Waals surface area (Å²) in [6, 6.07) is 6.16. The van der Waals surface area contributed by atoms with Crippen molar-refractivity contribution in [1.82, 2.24) is 14.4 Å². The molecule has 3 aromatic rings. The molecule has 3 heteroatoms. The number of nitrogens with zero attached hydrogens (tertiary/aromatic N) is 3. The van der Waals surface area contributed by atoms with Gasteiger partial charge in [-0.25, -0.2) is 9.97 Å². The van der Waals surface area contributed by atoms with E-state index in [1.807, 2.05) is 25.4 Å². The minimum atomic E-state index is 0.971. The number of imidazole rings is 1. The van der Waals surface area contributed by atoms with E-state index >= 15 is 0 Å². The fourth-order valence-corrected chi connectivity index (χ4v) is 1.96. The van der Waals surface area contributed by atoms with Gasteiger partial charge in [0.25, 0.3) is 0 Å². The Morgan fingerprint density at radius 3 is 2.93 bits per heavy atom. The Balaban J connectivity index is 2.63. The molecule has 0 fully saturated rings. The summed E-state index contributed by atoms with van der Waals surface area (Å²) in [5.74, 6) is 0. The highest BCUT2D eigenvalue weighted by molar-refractivity contribution is 5.80. The first kappa shape index (κ1) is 8.41. The number of fused-ring (bicyclic) bond motifs is 3. The van der Waals surface area contributed by atoms with Gasteiger partial charge >= 0.3 is 0 Å². The van der Waals surface area contributed by atoms with Crippen molar-refractivity contribution in [3.8, 4) is 0 Å². The van der Waals surface area contributed by atoms with Gasteiger partial charge in [-0.05, 0) is 37.6 Å². The van der Waals surface area contributed by atoms with Crippen LogP contribution in [0.15, 0.2) is 30.6 Å². The van der Waals surface area contributed by atoms with E-state index in [2.05, 4.69) is 33.4 Å². The zero-order valence-corrected chi connectivity index (χ0v) is 8.73. The van der Waals surface area contributed by atoms with E-state index in [-0.39, 0.29) is 0 Å². The maximum absolute atomic E-state index is 4.49. The molecule has 0 aromatic carbocycles. The minimum absolute atomic E-state index is 0.971. The second-order valence-corrected chi connectivity index (χ2v) is 3.82. The van der Waals surface area contributed by atoms with Crippen LogP contribution in [0.1, 0.15) is 11.3 Å². The summed E-state index contributed by atoms with van der Waals surface area (Å²) in [6.45, 7) is 4.08. The van der Waals surface area contributed by atoms with Crippen molar-refractivity contribution in [2.24, 2.45) is 0 Å². The average Bonchev–Trinajstić information content (AvgIpc) is 2.61. The van der Waals surface area contributed by atoms with E-state index in [0.717, 1.165) is 22.4 Å². The van der Waals surface area contributed by atoms with Crippen molar-refractivity contribution in [1.29, 1.82) is 0 Å². The third-order valence-electron chi connectivity index (χ3n) is 2.60. The summed E-state index contributed by atoms with van der Waals surface area (Å²) < 4.78 is 2.06. The van der Waals surface area contributed by atoms with Crippen molar-refractivity contribution >= 4 is 16.7 Å². The van der Waals surface area contributed by atoms with Gasteiger partial charge in [0.1, 0.15) is 11.3 Å². The topological polar surface area (TPSA) is 30.2 Å². The lowest BCUT2D eigenvalue weighted by molar-refractivity contribution is 1.17. The summed E-state index contributed by atoms with van der Waals surface area (Å²) >= 11 is 0. The first-order valence-electron chi connectivity index (χ1n) is 4.96. The zero-order chi connectivity index (χ0) is 10.4. The molecule has 0 saturated carbocycles. The molecule has 15 heavy (non-hydrogen) atoms. The van der Waals surface area contributed by atoms with Crippen molar-refractivity contribution in [2.45, 2.75) is 13.8 Å². The molecular formula is C12H11N3. The number of pyridine rings is 2. The highest BCUT2D eigenvalue weighted by Crippen LogP contribution is 2.18. The third-order valence-corrected chi connectivity index (χ3v) is 2.60. The van der Waals surface area contributed by atoms with Gasteiger partial charge in [-0.1, -0.05) is 0 Å². The first-order chi connectivity index (χ1) is 7.25. The third kappa shape index (κ3) is 1.13. The van der Waals surface area contributed by atoms with Crippen LogP contribution < -0.4 is 0 Å². The quantitative estimate of drug-likeness (QED) is 0.554. The van der Waals surface area contributed by atoms with E-state index in [1.165, 1.54) is 5.56 Å². The van der Waals surface area contributed by atoms with Gasteiger partial charge in [-0.2, -0.15) is 0 Å². The van der Waals surface area contributed by atoms with Crippen LogP contribution in [0.3, 0.4) is 0 Å². The highest BCUT2D eigenvalue weighted by atomic mass is 15.0. The molecule has 3 aromatic heterocycles. The largest absolute Gasteiger partial charge is 0.283 e. The summed E-state index contributed by atoms with van der Waals surface area (Å²) in [5, 5.41) is 1.15. The Kier molecular flexibility index (Phi) is 1.57. The molecular weight excluding hydrogens is 186 g/mol. The zero-order valence-electron chi connectivity index (χ0n) is 8.73. The lowest BCUT2D eigenvalue weighted by atomic mass is 10.2. The van der Waals surface area contributed by atoms with Crippen molar-refractivity contribution in [2.75, 3.05) is 0 Å². The van der Waals surface area contributed by atoms with E-state index in [1.54, 1.807) is 0 Å². The summed E-state index contributed by atoms with van der Waals surface area (Å²) in [5.41, 5.74) is 4.18. The number of rotatable bonds is 0. The maximum Gasteiger partial charge on any atom is 0.145 e. The number of hydrogen-bond acceptors (Lipinski definition) is 2. The summed E-state index contributed by atoms with van der Waals surface area (Å²) in [4.78, 5) is 8.87. The van der Waals surface area contributed by atoms with E-state index < -0.39 is 0 Å². The molecule has 0 saturated heterocycles. The second-order valence-electron chi connectivity index (χ2n) is 3.82. The molecule has 0 aliphatic rings. The van der Waals surface area contributed by atoms with Gasteiger partial charge in [-0.15, -0.1) is 0 Å². The highest BCUT2D eigenvalue weighted by Gasteiger charge is 2.06. The van der Waals surface area contributed by atoms with Crippen LogP contribution in [0.2, 0.25) is 0 Å². The Bertz CT molecular complexity index is 652. The normalized spacial score (nSPS) is 11.3. The van der Waals surface area contributed by atoms with Crippen LogP contribution in [-0.4, -0.2) is 14.4 Å². The molecule has 74 valence electrons. The molecule has 0 atom stereocenters. The molecule has 0 unspecified atom stereocenters. The van der Waals surface area contributed by atoms with Crippen LogP contribution in [0.4, 0.5) is 0 Å². The number of aromatic nitrogens is 3. The molecule has 3 heterocycles. The Labute approximate surface area is 87.4 Å². The SMILES string of the molecule is Cc1cn2c(n1)c(C)cc1cccnc12. The smallest absolute Gasteiger partial charge is 0.145 e. The molecule has 0 N–H and O–H groups in total. The van der Waals surface area contributed by atoms with Crippen molar-refractivity contribution < 1.29 is 0 Å². The Morgan fingerprint density at radius 2 is 2.07 bits per heavy atom. The van der Waals surface area contributed by atoms with Gasteiger partial charge in [0.15, 0.2) is 0 Å². The standard InChI is InChI=1S/C12H11N3/c1-8-6-10-4-3-5-13-12(10)15-7-9(2)14-11(8)15/h3-7H,1-2H3. The van der Waals surface area contributed by atoms with E-state index in [0.29, 0.717) is 0 Å². The van der Waals surface area contributed by atoms with Crippen LogP contribution in [0.25, 0.3) is 16.7 Å². The second kappa shape index (κ2) is 2.79. The van der Waals surface area contributed by atoms with Gasteiger partial charge in [0, 0.05) is 17.8 Å². The van der Waals surface area contributed by atoms with Gasteiger partial charge < -0.3 is 0 Å². The molecule has 0 aliphatic carbocycles. The predicted molar refractivity (Wildman–Crippen MR) is 60.0 cm³/mol. The predicted octanol–water partition coefficient (Wildman–Crippen LogP) is 2.50. The van der Waals surface area contributed by atoms with Crippen LogP contribution >= 0.6 is 0 Å². The van der Waals surface area contributed by atoms with Gasteiger partial charge in [0.2, 0.25) is 0 Å². The van der Waals surface area contributed by atoms with Crippen LogP contribution in [0, 0.1) is 13.8 Å². The molecule has 3 rings (SSSR count). The monoisotopic (exact) mass is 197 g/mol. The van der Waals surface area contributed by atoms with Gasteiger partial charge in [-0.3, -0.25) is 4.40 Å². The number of aryl methyl sites for hydroxylation is 2. The first-order valence-corrected chi connectivity index (χ1v) is 4.96. The average molecular weight is 197 g/mol. The molecule has 0 amide bonds. The molecule has 0 aliphatic heterocycles. The lowest BCUT2D eigenvalue weighted by Gasteiger charge is -2.02. The molecule has 0 radical (unpaired) electrons. The fraction of sp³-hybridized carbons (Fsp3) is 0.167. The number of hydrogen-bond donors (Lipinski definition) is 0. The van der Waals surface area contributed by atoms with Crippen molar-refractivity contribution in [3.05, 3.63) is 41.9 Å². The maximum atomic E-state index is 4.49.